The lowest BCUT2D eigenvalue weighted by molar-refractivity contribution is -0.128. The molecular formula is C18H29N3O4S. The number of para-hydroxylation sites is 2. The van der Waals surface area contributed by atoms with Gasteiger partial charge in [-0.15, -0.1) is 0 Å². The summed E-state index contributed by atoms with van der Waals surface area (Å²) in [6, 6.07) is 7.32. The molecule has 26 heavy (non-hydrogen) atoms. The van der Waals surface area contributed by atoms with E-state index < -0.39 is 10.0 Å². The van der Waals surface area contributed by atoms with Gasteiger partial charge in [-0.2, -0.15) is 0 Å². The molecule has 146 valence electrons. The summed E-state index contributed by atoms with van der Waals surface area (Å²) in [5.41, 5.74) is 1.35. The van der Waals surface area contributed by atoms with Crippen LogP contribution in [0.3, 0.4) is 0 Å². The van der Waals surface area contributed by atoms with Gasteiger partial charge in [-0.3, -0.25) is 9.10 Å². The summed E-state index contributed by atoms with van der Waals surface area (Å²) >= 11 is 0. The molecule has 0 aliphatic carbocycles. The van der Waals surface area contributed by atoms with Crippen LogP contribution in [0, 0.1) is 0 Å². The topological polar surface area (TPSA) is 70.2 Å². The first-order valence-electron chi connectivity index (χ1n) is 8.98. The van der Waals surface area contributed by atoms with Crippen LogP contribution in [-0.2, 0) is 19.6 Å². The molecular weight excluding hydrogens is 354 g/mol. The van der Waals surface area contributed by atoms with Crippen LogP contribution in [0.2, 0.25) is 0 Å². The molecule has 8 heteroatoms. The predicted molar refractivity (Wildman–Crippen MR) is 104 cm³/mol. The van der Waals surface area contributed by atoms with Gasteiger partial charge in [-0.25, -0.2) is 8.42 Å². The summed E-state index contributed by atoms with van der Waals surface area (Å²) in [5, 5.41) is 0. The van der Waals surface area contributed by atoms with Gasteiger partial charge in [0.05, 0.1) is 30.8 Å². The van der Waals surface area contributed by atoms with Gasteiger partial charge in [0.25, 0.3) is 0 Å². The van der Waals surface area contributed by atoms with E-state index in [-0.39, 0.29) is 12.5 Å². The third-order valence-corrected chi connectivity index (χ3v) is 5.58. The summed E-state index contributed by atoms with van der Waals surface area (Å²) in [6.45, 7) is 5.08. The van der Waals surface area contributed by atoms with Crippen molar-refractivity contribution < 1.29 is 17.9 Å². The fourth-order valence-electron chi connectivity index (χ4n) is 2.89. The lowest BCUT2D eigenvalue weighted by atomic mass is 10.2. The lowest BCUT2D eigenvalue weighted by Gasteiger charge is -2.33. The molecule has 1 heterocycles. The van der Waals surface area contributed by atoms with Gasteiger partial charge in [-0.05, 0) is 18.6 Å². The van der Waals surface area contributed by atoms with E-state index in [0.717, 1.165) is 24.8 Å². The van der Waals surface area contributed by atoms with Gasteiger partial charge in [0.1, 0.15) is 6.54 Å². The number of carbonyl (C=O) groups excluding carboxylic acids is 1. The SMILES string of the molecule is CCCCN(C)C(=O)CN(c1ccccc1N1CCOCC1)S(C)(=O)=O. The number of ether oxygens (including phenoxy) is 1. The van der Waals surface area contributed by atoms with Gasteiger partial charge in [0.2, 0.25) is 15.9 Å². The molecule has 1 aromatic rings. The number of benzene rings is 1. The smallest absolute Gasteiger partial charge is 0.243 e. The summed E-state index contributed by atoms with van der Waals surface area (Å²) in [5.74, 6) is -0.208. The van der Waals surface area contributed by atoms with Crippen molar-refractivity contribution in [1.29, 1.82) is 0 Å². The van der Waals surface area contributed by atoms with Crippen molar-refractivity contribution in [3.05, 3.63) is 24.3 Å². The molecule has 1 aromatic carbocycles. The minimum Gasteiger partial charge on any atom is -0.378 e. The molecule has 2 rings (SSSR count). The molecule has 0 saturated carbocycles. The quantitative estimate of drug-likeness (QED) is 0.681. The molecule has 0 unspecified atom stereocenters. The third-order valence-electron chi connectivity index (χ3n) is 4.45. The van der Waals surface area contributed by atoms with E-state index in [1.54, 1.807) is 24.1 Å². The number of unbranched alkanes of at least 4 members (excludes halogenated alkanes) is 1. The van der Waals surface area contributed by atoms with Gasteiger partial charge in [0, 0.05) is 26.7 Å². The van der Waals surface area contributed by atoms with Crippen molar-refractivity contribution in [3.63, 3.8) is 0 Å². The van der Waals surface area contributed by atoms with Gasteiger partial charge in [0.15, 0.2) is 0 Å². The van der Waals surface area contributed by atoms with Crippen LogP contribution >= 0.6 is 0 Å². The molecule has 0 atom stereocenters. The second-order valence-corrected chi connectivity index (χ2v) is 8.43. The Morgan fingerprint density at radius 2 is 1.88 bits per heavy atom. The van der Waals surface area contributed by atoms with Crippen molar-refractivity contribution in [3.8, 4) is 0 Å². The number of hydrogen-bond donors (Lipinski definition) is 0. The largest absolute Gasteiger partial charge is 0.378 e. The minimum absolute atomic E-state index is 0.194. The third kappa shape index (κ3) is 5.35. The lowest BCUT2D eigenvalue weighted by Crippen LogP contribution is -2.43. The number of hydrogen-bond acceptors (Lipinski definition) is 5. The molecule has 0 bridgehead atoms. The Kier molecular flexibility index (Phi) is 7.28. The Morgan fingerprint density at radius 3 is 2.50 bits per heavy atom. The van der Waals surface area contributed by atoms with Crippen molar-refractivity contribution in [2.75, 3.05) is 61.9 Å². The highest BCUT2D eigenvalue weighted by atomic mass is 32.2. The van der Waals surface area contributed by atoms with Crippen molar-refractivity contribution in [2.24, 2.45) is 0 Å². The van der Waals surface area contributed by atoms with Crippen LogP contribution in [0.5, 0.6) is 0 Å². The number of likely N-dealkylation sites (N-methyl/N-ethyl adjacent to an activating group) is 1. The maximum absolute atomic E-state index is 12.6. The minimum atomic E-state index is -3.60. The van der Waals surface area contributed by atoms with Crippen LogP contribution in [-0.4, -0.2) is 71.9 Å². The van der Waals surface area contributed by atoms with Crippen molar-refractivity contribution in [1.82, 2.24) is 4.90 Å². The Balaban J connectivity index is 2.29. The van der Waals surface area contributed by atoms with E-state index in [0.29, 0.717) is 38.5 Å². The van der Waals surface area contributed by atoms with E-state index in [1.807, 2.05) is 12.1 Å². The van der Waals surface area contributed by atoms with Crippen molar-refractivity contribution in [2.45, 2.75) is 19.8 Å². The Labute approximate surface area is 156 Å². The van der Waals surface area contributed by atoms with Crippen LogP contribution in [0.15, 0.2) is 24.3 Å². The monoisotopic (exact) mass is 383 g/mol. The predicted octanol–water partition coefficient (Wildman–Crippen LogP) is 1.55. The normalized spacial score (nSPS) is 15.0. The zero-order valence-corrected chi connectivity index (χ0v) is 16.7. The average Bonchev–Trinajstić information content (AvgIpc) is 2.63. The number of morpholine rings is 1. The van der Waals surface area contributed by atoms with Gasteiger partial charge < -0.3 is 14.5 Å². The Hall–Kier alpha value is -1.80. The first-order valence-corrected chi connectivity index (χ1v) is 10.8. The van der Waals surface area contributed by atoms with E-state index >= 15 is 0 Å². The van der Waals surface area contributed by atoms with E-state index in [1.165, 1.54) is 4.31 Å². The molecule has 1 amide bonds. The van der Waals surface area contributed by atoms with Crippen LogP contribution in [0.25, 0.3) is 0 Å². The molecule has 7 nitrogen and oxygen atoms in total. The summed E-state index contributed by atoms with van der Waals surface area (Å²) < 4.78 is 31.5. The summed E-state index contributed by atoms with van der Waals surface area (Å²) in [6.07, 6.45) is 3.02. The second kappa shape index (κ2) is 9.23. The molecule has 1 aliphatic heterocycles. The second-order valence-electron chi connectivity index (χ2n) is 6.53. The highest BCUT2D eigenvalue weighted by molar-refractivity contribution is 7.92. The molecule has 1 saturated heterocycles. The number of sulfonamides is 1. The maximum atomic E-state index is 12.6. The standard InChI is InChI=1S/C18H29N3O4S/c1-4-5-10-19(2)18(22)15-21(26(3,23)24)17-9-7-6-8-16(17)20-11-13-25-14-12-20/h6-9H,4-5,10-15H2,1-3H3. The zero-order chi connectivity index (χ0) is 19.2. The van der Waals surface area contributed by atoms with E-state index in [2.05, 4.69) is 11.8 Å². The zero-order valence-electron chi connectivity index (χ0n) is 15.8. The number of amides is 1. The highest BCUT2D eigenvalue weighted by Crippen LogP contribution is 2.31. The first kappa shape index (κ1) is 20.5. The average molecular weight is 384 g/mol. The molecule has 1 aliphatic rings. The fraction of sp³-hybridized carbons (Fsp3) is 0.611. The highest BCUT2D eigenvalue weighted by Gasteiger charge is 2.26. The Bertz CT molecular complexity index is 702. The molecule has 0 spiro atoms. The summed E-state index contributed by atoms with van der Waals surface area (Å²) in [7, 11) is -1.89. The van der Waals surface area contributed by atoms with Crippen LogP contribution in [0.4, 0.5) is 11.4 Å². The summed E-state index contributed by atoms with van der Waals surface area (Å²) in [4.78, 5) is 16.2. The van der Waals surface area contributed by atoms with E-state index in [4.69, 9.17) is 4.74 Å². The Morgan fingerprint density at radius 1 is 1.23 bits per heavy atom. The number of nitrogens with zero attached hydrogens (tertiary/aromatic N) is 3. The number of anilines is 2. The number of rotatable bonds is 8. The van der Waals surface area contributed by atoms with Gasteiger partial charge in [-0.1, -0.05) is 25.5 Å². The molecule has 0 N–H and O–H groups in total. The van der Waals surface area contributed by atoms with Crippen LogP contribution in [0.1, 0.15) is 19.8 Å². The molecule has 1 fully saturated rings. The first-order chi connectivity index (χ1) is 12.3. The molecule has 0 aromatic heterocycles. The van der Waals surface area contributed by atoms with Crippen LogP contribution < -0.4 is 9.21 Å². The number of carbonyl (C=O) groups is 1. The molecule has 0 radical (unpaired) electrons. The maximum Gasteiger partial charge on any atom is 0.243 e. The van der Waals surface area contributed by atoms with E-state index in [9.17, 15) is 13.2 Å². The fourth-order valence-corrected chi connectivity index (χ4v) is 3.75. The van der Waals surface area contributed by atoms with Crippen molar-refractivity contribution >= 4 is 27.3 Å². The van der Waals surface area contributed by atoms with Gasteiger partial charge >= 0.3 is 0 Å².